The number of halogens is 2. The Kier molecular flexibility index (Phi) is 5.49. The van der Waals surface area contributed by atoms with Crippen LogP contribution in [0.15, 0.2) is 47.2 Å². The molecule has 1 heterocycles. The lowest BCUT2D eigenvalue weighted by Gasteiger charge is -2.22. The average molecular weight is 367 g/mol. The first-order chi connectivity index (χ1) is 10.5. The van der Waals surface area contributed by atoms with Gasteiger partial charge in [-0.2, -0.15) is 0 Å². The summed E-state index contributed by atoms with van der Waals surface area (Å²) in [5.41, 5.74) is 0.987. The van der Waals surface area contributed by atoms with Crippen LogP contribution in [0.3, 0.4) is 0 Å². The third kappa shape index (κ3) is 4.27. The van der Waals surface area contributed by atoms with Crippen LogP contribution in [0, 0.1) is 5.82 Å². The van der Waals surface area contributed by atoms with Gasteiger partial charge >= 0.3 is 0 Å². The van der Waals surface area contributed by atoms with E-state index >= 15 is 0 Å². The Hall–Kier alpha value is -1.95. The summed E-state index contributed by atoms with van der Waals surface area (Å²) in [6, 6.07) is 7.79. The summed E-state index contributed by atoms with van der Waals surface area (Å²) in [7, 11) is 1.71. The summed E-state index contributed by atoms with van der Waals surface area (Å²) in [5.74, 6) is -0.0967. The second-order valence-corrected chi connectivity index (χ2v) is 5.74. The normalized spacial score (nSPS) is 11.8. The first kappa shape index (κ1) is 16.4. The summed E-state index contributed by atoms with van der Waals surface area (Å²) >= 11 is 3.22. The topological polar surface area (TPSA) is 42.4 Å². The number of carbonyl (C=O) groups excluding carboxylic acids is 1. The van der Waals surface area contributed by atoms with Crippen LogP contribution in [0.25, 0.3) is 0 Å². The van der Waals surface area contributed by atoms with Gasteiger partial charge < -0.3 is 9.64 Å². The second kappa shape index (κ2) is 7.35. The van der Waals surface area contributed by atoms with Gasteiger partial charge in [0.05, 0.1) is 4.47 Å². The van der Waals surface area contributed by atoms with E-state index in [1.54, 1.807) is 31.3 Å². The van der Waals surface area contributed by atoms with Gasteiger partial charge in [-0.25, -0.2) is 4.39 Å². The average Bonchev–Trinajstić information content (AvgIpc) is 2.50. The van der Waals surface area contributed by atoms with E-state index in [2.05, 4.69) is 20.9 Å². The third-order valence-corrected chi connectivity index (χ3v) is 3.71. The molecule has 0 saturated carbocycles. The Morgan fingerprint density at radius 1 is 1.36 bits per heavy atom. The number of amides is 1. The van der Waals surface area contributed by atoms with Crippen molar-refractivity contribution in [2.45, 2.75) is 19.6 Å². The van der Waals surface area contributed by atoms with Gasteiger partial charge in [-0.15, -0.1) is 0 Å². The highest BCUT2D eigenvalue weighted by molar-refractivity contribution is 9.10. The number of benzene rings is 1. The lowest BCUT2D eigenvalue weighted by atomic mass is 10.2. The molecule has 0 aliphatic carbocycles. The van der Waals surface area contributed by atoms with Gasteiger partial charge in [0.2, 0.25) is 0 Å². The smallest absolute Gasteiger partial charge is 0.263 e. The van der Waals surface area contributed by atoms with E-state index in [1.807, 2.05) is 12.1 Å². The van der Waals surface area contributed by atoms with Crippen molar-refractivity contribution < 1.29 is 13.9 Å². The molecular formula is C16H16BrFN2O2. The number of pyridine rings is 1. The fourth-order valence-corrected chi connectivity index (χ4v) is 2.41. The van der Waals surface area contributed by atoms with Gasteiger partial charge in [0.25, 0.3) is 5.91 Å². The first-order valence-corrected chi connectivity index (χ1v) is 7.52. The number of nitrogens with zero attached hydrogens (tertiary/aromatic N) is 2. The van der Waals surface area contributed by atoms with Crippen LogP contribution in [-0.4, -0.2) is 28.9 Å². The number of hydrogen-bond acceptors (Lipinski definition) is 3. The quantitative estimate of drug-likeness (QED) is 0.814. The summed E-state index contributed by atoms with van der Waals surface area (Å²) in [6.07, 6.45) is 2.69. The highest BCUT2D eigenvalue weighted by atomic mass is 79.9. The van der Waals surface area contributed by atoms with Crippen LogP contribution >= 0.6 is 15.9 Å². The van der Waals surface area contributed by atoms with Crippen LogP contribution in [0.4, 0.5) is 4.39 Å². The van der Waals surface area contributed by atoms with Crippen molar-refractivity contribution in [3.63, 3.8) is 0 Å². The minimum absolute atomic E-state index is 0.159. The Morgan fingerprint density at radius 2 is 2.05 bits per heavy atom. The van der Waals surface area contributed by atoms with Crippen LogP contribution in [0.5, 0.6) is 5.75 Å². The molecule has 4 nitrogen and oxygen atoms in total. The van der Waals surface area contributed by atoms with Gasteiger partial charge in [0, 0.05) is 26.0 Å². The fraction of sp³-hybridized carbons (Fsp3) is 0.250. The number of aromatic nitrogens is 1. The van der Waals surface area contributed by atoms with Crippen molar-refractivity contribution in [2.75, 3.05) is 7.05 Å². The molecule has 0 bridgehead atoms. The van der Waals surface area contributed by atoms with Crippen molar-refractivity contribution >= 4 is 21.8 Å². The number of ether oxygens (including phenoxy) is 1. The molecule has 22 heavy (non-hydrogen) atoms. The van der Waals surface area contributed by atoms with E-state index in [0.717, 1.165) is 5.56 Å². The standard InChI is InChI=1S/C16H16BrFN2O2/c1-11(22-15-4-3-13(18)9-14(15)17)16(21)20(2)10-12-5-7-19-8-6-12/h3-9,11H,10H2,1-2H3/t11-/m0/s1. The lowest BCUT2D eigenvalue weighted by molar-refractivity contribution is -0.137. The minimum atomic E-state index is -0.673. The molecule has 0 aliphatic heterocycles. The Balaban J connectivity index is 1.99. The van der Waals surface area contributed by atoms with E-state index in [1.165, 1.54) is 18.2 Å². The lowest BCUT2D eigenvalue weighted by Crippen LogP contribution is -2.37. The SMILES string of the molecule is C[C@H](Oc1ccc(F)cc1Br)C(=O)N(C)Cc1ccncc1. The van der Waals surface area contributed by atoms with Crippen molar-refractivity contribution in [3.05, 3.63) is 58.6 Å². The molecule has 1 aromatic carbocycles. The maximum Gasteiger partial charge on any atom is 0.263 e. The van der Waals surface area contributed by atoms with Crippen LogP contribution in [0.1, 0.15) is 12.5 Å². The second-order valence-electron chi connectivity index (χ2n) is 4.88. The fourth-order valence-electron chi connectivity index (χ4n) is 1.96. The molecule has 2 rings (SSSR count). The van der Waals surface area contributed by atoms with E-state index in [9.17, 15) is 9.18 Å². The van der Waals surface area contributed by atoms with Crippen molar-refractivity contribution in [1.82, 2.24) is 9.88 Å². The summed E-state index contributed by atoms with van der Waals surface area (Å²) < 4.78 is 19.1. The molecule has 0 N–H and O–H groups in total. The minimum Gasteiger partial charge on any atom is -0.480 e. The zero-order valence-corrected chi connectivity index (χ0v) is 13.9. The molecule has 0 saturated heterocycles. The van der Waals surface area contributed by atoms with Crippen molar-refractivity contribution in [1.29, 1.82) is 0 Å². The predicted octanol–water partition coefficient (Wildman–Crippen LogP) is 3.41. The molecule has 0 radical (unpaired) electrons. The molecule has 0 unspecified atom stereocenters. The predicted molar refractivity (Wildman–Crippen MR) is 84.9 cm³/mol. The van der Waals surface area contributed by atoms with Gasteiger partial charge in [0.15, 0.2) is 6.10 Å². The number of likely N-dealkylation sites (N-methyl/N-ethyl adjacent to an activating group) is 1. The molecular weight excluding hydrogens is 351 g/mol. The van der Waals surface area contributed by atoms with E-state index in [-0.39, 0.29) is 11.7 Å². The van der Waals surface area contributed by atoms with Crippen LogP contribution < -0.4 is 4.74 Å². The highest BCUT2D eigenvalue weighted by Gasteiger charge is 2.20. The maximum atomic E-state index is 13.0. The Morgan fingerprint density at radius 3 is 2.68 bits per heavy atom. The number of rotatable bonds is 5. The Bertz CT molecular complexity index is 652. The maximum absolute atomic E-state index is 13.0. The third-order valence-electron chi connectivity index (χ3n) is 3.09. The van der Waals surface area contributed by atoms with Crippen LogP contribution in [-0.2, 0) is 11.3 Å². The van der Waals surface area contributed by atoms with E-state index in [0.29, 0.717) is 16.8 Å². The molecule has 0 fully saturated rings. The van der Waals surface area contributed by atoms with E-state index < -0.39 is 6.10 Å². The Labute approximate surface area is 137 Å². The molecule has 116 valence electrons. The molecule has 6 heteroatoms. The number of carbonyl (C=O) groups is 1. The van der Waals surface area contributed by atoms with Crippen molar-refractivity contribution in [3.8, 4) is 5.75 Å². The molecule has 0 spiro atoms. The molecule has 0 aliphatic rings. The molecule has 1 aromatic heterocycles. The summed E-state index contributed by atoms with van der Waals surface area (Å²) in [4.78, 5) is 17.8. The monoisotopic (exact) mass is 366 g/mol. The van der Waals surface area contributed by atoms with Gasteiger partial charge in [-0.1, -0.05) is 0 Å². The molecule has 2 aromatic rings. The van der Waals surface area contributed by atoms with E-state index in [4.69, 9.17) is 4.74 Å². The number of hydrogen-bond donors (Lipinski definition) is 0. The first-order valence-electron chi connectivity index (χ1n) is 6.73. The zero-order valence-electron chi connectivity index (χ0n) is 12.3. The molecule has 1 amide bonds. The van der Waals surface area contributed by atoms with Crippen LogP contribution in [0.2, 0.25) is 0 Å². The summed E-state index contributed by atoms with van der Waals surface area (Å²) in [6.45, 7) is 2.14. The summed E-state index contributed by atoms with van der Waals surface area (Å²) in [5, 5.41) is 0. The van der Waals surface area contributed by atoms with Gasteiger partial charge in [0.1, 0.15) is 11.6 Å². The molecule has 1 atom stereocenters. The van der Waals surface area contributed by atoms with Gasteiger partial charge in [-0.3, -0.25) is 9.78 Å². The highest BCUT2D eigenvalue weighted by Crippen LogP contribution is 2.26. The van der Waals surface area contributed by atoms with Crippen molar-refractivity contribution in [2.24, 2.45) is 0 Å². The largest absolute Gasteiger partial charge is 0.480 e. The zero-order chi connectivity index (χ0) is 16.1. The van der Waals surface area contributed by atoms with Gasteiger partial charge in [-0.05, 0) is 58.7 Å².